The van der Waals surface area contributed by atoms with Gasteiger partial charge in [-0.2, -0.15) is 0 Å². The first-order valence-electron chi connectivity index (χ1n) is 11.1. The molecule has 0 bridgehead atoms. The highest BCUT2D eigenvalue weighted by molar-refractivity contribution is 7.98. The number of hydrogen-bond donors (Lipinski definition) is 2. The lowest BCUT2D eigenvalue weighted by molar-refractivity contribution is -0.143. The Morgan fingerprint density at radius 1 is 1.17 bits per heavy atom. The number of nitrogens with one attached hydrogen (secondary N) is 2. The number of fused-ring (bicyclic) bond motifs is 1. The fraction of sp³-hybridized carbons (Fsp3) is 0.269. The Hall–Kier alpha value is -3.23. The fourth-order valence-electron chi connectivity index (χ4n) is 4.02. The zero-order valence-corrected chi connectivity index (χ0v) is 21.4. The number of H-pyrrole nitrogens is 1. The minimum atomic E-state index is -0.715. The van der Waals surface area contributed by atoms with Crippen molar-refractivity contribution in [3.8, 4) is 5.75 Å². The Morgan fingerprint density at radius 3 is 2.60 bits per heavy atom. The van der Waals surface area contributed by atoms with E-state index < -0.39 is 11.9 Å². The third-order valence-electron chi connectivity index (χ3n) is 5.56. The summed E-state index contributed by atoms with van der Waals surface area (Å²) in [6.45, 7) is 5.35. The zero-order chi connectivity index (χ0) is 25.1. The average molecular weight is 512 g/mol. The highest BCUT2D eigenvalue weighted by Crippen LogP contribution is 2.43. The number of ether oxygens (including phenoxy) is 2. The van der Waals surface area contributed by atoms with Crippen LogP contribution in [0.2, 0.25) is 5.02 Å². The number of para-hydroxylation sites is 1. The minimum Gasteiger partial charge on any atom is -0.496 e. The van der Waals surface area contributed by atoms with E-state index in [-0.39, 0.29) is 11.7 Å². The molecule has 35 heavy (non-hydrogen) atoms. The zero-order valence-electron chi connectivity index (χ0n) is 19.8. The van der Waals surface area contributed by atoms with Crippen LogP contribution in [0.15, 0.2) is 69.8 Å². The molecular formula is C26H26ClN3O4S. The van der Waals surface area contributed by atoms with Crippen LogP contribution in [-0.2, 0) is 15.3 Å². The second kappa shape index (κ2) is 10.6. The molecule has 1 atom stereocenters. The molecule has 7 nitrogen and oxygen atoms in total. The Kier molecular flexibility index (Phi) is 7.52. The van der Waals surface area contributed by atoms with E-state index in [4.69, 9.17) is 21.1 Å². The molecule has 1 aliphatic rings. The van der Waals surface area contributed by atoms with Gasteiger partial charge in [-0.1, -0.05) is 59.8 Å². The van der Waals surface area contributed by atoms with Gasteiger partial charge in [-0.3, -0.25) is 4.79 Å². The largest absolute Gasteiger partial charge is 0.496 e. The Bertz CT molecular complexity index is 1350. The van der Waals surface area contributed by atoms with Gasteiger partial charge in [0.2, 0.25) is 0 Å². The van der Waals surface area contributed by atoms with Crippen molar-refractivity contribution < 1.29 is 14.3 Å². The van der Waals surface area contributed by atoms with Gasteiger partial charge in [-0.15, -0.1) is 0 Å². The summed E-state index contributed by atoms with van der Waals surface area (Å²) in [6.07, 6.45) is -0.317. The predicted octanol–water partition coefficient (Wildman–Crippen LogP) is 5.51. The van der Waals surface area contributed by atoms with Crippen molar-refractivity contribution in [3.63, 3.8) is 0 Å². The van der Waals surface area contributed by atoms with Crippen molar-refractivity contribution in [3.05, 3.63) is 91.9 Å². The van der Waals surface area contributed by atoms with E-state index in [0.717, 1.165) is 5.56 Å². The van der Waals surface area contributed by atoms with E-state index in [0.29, 0.717) is 49.9 Å². The Labute approximate surface area is 212 Å². The van der Waals surface area contributed by atoms with E-state index >= 15 is 0 Å². The third-order valence-corrected chi connectivity index (χ3v) is 6.85. The lowest BCUT2D eigenvalue weighted by Crippen LogP contribution is -2.32. The molecule has 1 aliphatic heterocycles. The molecule has 4 rings (SSSR count). The van der Waals surface area contributed by atoms with Crippen molar-refractivity contribution in [1.82, 2.24) is 9.97 Å². The number of allylic oxidation sites excluding steroid dienone is 1. The van der Waals surface area contributed by atoms with Crippen LogP contribution in [0.5, 0.6) is 5.75 Å². The molecule has 0 fully saturated rings. The van der Waals surface area contributed by atoms with Crippen LogP contribution in [0.1, 0.15) is 43.4 Å². The minimum absolute atomic E-state index is 0.317. The second-order valence-electron chi connectivity index (χ2n) is 8.31. The smallest absolute Gasteiger partial charge is 0.337 e. The number of thioether (sulfide) groups is 1. The topological polar surface area (TPSA) is 93.3 Å². The van der Waals surface area contributed by atoms with Gasteiger partial charge < -0.3 is 19.8 Å². The molecule has 9 heteroatoms. The van der Waals surface area contributed by atoms with Crippen LogP contribution in [0.3, 0.4) is 0 Å². The van der Waals surface area contributed by atoms with Crippen molar-refractivity contribution in [1.29, 1.82) is 0 Å². The van der Waals surface area contributed by atoms with Crippen molar-refractivity contribution in [2.24, 2.45) is 0 Å². The van der Waals surface area contributed by atoms with Crippen LogP contribution in [0.25, 0.3) is 0 Å². The van der Waals surface area contributed by atoms with Gasteiger partial charge in [0.15, 0.2) is 5.16 Å². The SMILES string of the molecule is COc1ccccc1C1C(C(=O)OC(C)C)=C(C)Nc2nc(SCc3ccccc3Cl)[nH]c(=O)c21. The average Bonchev–Trinajstić information content (AvgIpc) is 2.82. The molecule has 1 unspecified atom stereocenters. The van der Waals surface area contributed by atoms with Crippen molar-refractivity contribution >= 4 is 35.1 Å². The van der Waals surface area contributed by atoms with E-state index in [2.05, 4.69) is 15.3 Å². The fourth-order valence-corrected chi connectivity index (χ4v) is 5.17. The van der Waals surface area contributed by atoms with Gasteiger partial charge in [0.25, 0.3) is 5.56 Å². The Morgan fingerprint density at radius 2 is 1.89 bits per heavy atom. The molecular weight excluding hydrogens is 486 g/mol. The molecule has 0 radical (unpaired) electrons. The monoisotopic (exact) mass is 511 g/mol. The van der Waals surface area contributed by atoms with Gasteiger partial charge >= 0.3 is 5.97 Å². The van der Waals surface area contributed by atoms with E-state index in [1.165, 1.54) is 11.8 Å². The summed E-state index contributed by atoms with van der Waals surface area (Å²) in [7, 11) is 1.56. The Balaban J connectivity index is 1.80. The summed E-state index contributed by atoms with van der Waals surface area (Å²) in [5.74, 6) is 0.281. The number of halogens is 1. The maximum Gasteiger partial charge on any atom is 0.337 e. The standard InChI is InChI=1S/C26H26ClN3O4S/c1-14(2)34-25(32)20-15(3)28-23-22(21(20)17-10-6-8-12-19(17)33-4)24(31)30-26(29-23)35-13-16-9-5-7-11-18(16)27/h5-12,14,21H,13H2,1-4H3,(H2,28,29,30,31). The summed E-state index contributed by atoms with van der Waals surface area (Å²) in [5.41, 5.74) is 2.52. The van der Waals surface area contributed by atoms with Gasteiger partial charge in [-0.05, 0) is 38.5 Å². The molecule has 1 aromatic heterocycles. The number of aromatic amines is 1. The molecule has 182 valence electrons. The van der Waals surface area contributed by atoms with E-state index in [9.17, 15) is 9.59 Å². The number of benzene rings is 2. The lowest BCUT2D eigenvalue weighted by atomic mass is 9.82. The third kappa shape index (κ3) is 5.23. The number of methoxy groups -OCH3 is 1. The quantitative estimate of drug-likeness (QED) is 0.245. The number of esters is 1. The highest BCUT2D eigenvalue weighted by atomic mass is 35.5. The second-order valence-corrected chi connectivity index (χ2v) is 9.68. The van der Waals surface area contributed by atoms with Gasteiger partial charge in [0.05, 0.1) is 30.3 Å². The van der Waals surface area contributed by atoms with Crippen molar-refractivity contribution in [2.45, 2.75) is 43.7 Å². The molecule has 0 saturated carbocycles. The van der Waals surface area contributed by atoms with Gasteiger partial charge in [0.1, 0.15) is 11.6 Å². The highest BCUT2D eigenvalue weighted by Gasteiger charge is 2.38. The predicted molar refractivity (Wildman–Crippen MR) is 138 cm³/mol. The molecule has 0 aliphatic carbocycles. The number of carbonyl (C=O) groups excluding carboxylic acids is 1. The maximum atomic E-state index is 13.5. The van der Waals surface area contributed by atoms with Crippen LogP contribution in [0, 0.1) is 0 Å². The van der Waals surface area contributed by atoms with Crippen LogP contribution >= 0.6 is 23.4 Å². The lowest BCUT2D eigenvalue weighted by Gasteiger charge is -2.30. The summed E-state index contributed by atoms with van der Waals surface area (Å²) in [5, 5.41) is 4.26. The summed E-state index contributed by atoms with van der Waals surface area (Å²) in [6, 6.07) is 14.9. The molecule has 0 spiro atoms. The van der Waals surface area contributed by atoms with Crippen molar-refractivity contribution in [2.75, 3.05) is 12.4 Å². The summed E-state index contributed by atoms with van der Waals surface area (Å²) < 4.78 is 11.1. The number of carbonyl (C=O) groups is 1. The summed E-state index contributed by atoms with van der Waals surface area (Å²) in [4.78, 5) is 34.2. The van der Waals surface area contributed by atoms with Gasteiger partial charge in [-0.25, -0.2) is 9.78 Å². The van der Waals surface area contributed by atoms with E-state index in [1.54, 1.807) is 33.9 Å². The first-order chi connectivity index (χ1) is 16.8. The molecule has 3 aromatic rings. The number of anilines is 1. The van der Waals surface area contributed by atoms with Crippen LogP contribution in [-0.4, -0.2) is 29.2 Å². The summed E-state index contributed by atoms with van der Waals surface area (Å²) >= 11 is 7.65. The molecule has 0 amide bonds. The van der Waals surface area contributed by atoms with Gasteiger partial charge in [0, 0.05) is 22.0 Å². The number of nitrogens with zero attached hydrogens (tertiary/aromatic N) is 1. The van der Waals surface area contributed by atoms with Crippen LogP contribution < -0.4 is 15.6 Å². The first-order valence-corrected chi connectivity index (χ1v) is 12.5. The van der Waals surface area contributed by atoms with Crippen LogP contribution in [0.4, 0.5) is 5.82 Å². The van der Waals surface area contributed by atoms with E-state index in [1.807, 2.05) is 42.5 Å². The normalized spacial score (nSPS) is 15.0. The number of hydrogen-bond acceptors (Lipinski definition) is 7. The molecule has 2 aromatic carbocycles. The number of rotatable bonds is 7. The molecule has 0 saturated heterocycles. The first kappa shape index (κ1) is 24.9. The maximum absolute atomic E-state index is 13.5. The molecule has 2 N–H and O–H groups in total. The number of aromatic nitrogens is 2. The molecule has 2 heterocycles.